The zero-order chi connectivity index (χ0) is 10.8. The molecule has 0 amide bonds. The number of methoxy groups -OCH3 is 1. The second-order valence-corrected chi connectivity index (χ2v) is 3.75. The molecule has 0 saturated heterocycles. The van der Waals surface area contributed by atoms with Crippen LogP contribution in [0, 0.1) is 0 Å². The molecule has 0 fully saturated rings. The van der Waals surface area contributed by atoms with Gasteiger partial charge in [-0.3, -0.25) is 0 Å². The average Bonchev–Trinajstić information content (AvgIpc) is 2.22. The SMILES string of the molecule is CCCCC(CC)NC(CO)COC. The van der Waals surface area contributed by atoms with E-state index in [1.807, 2.05) is 0 Å². The van der Waals surface area contributed by atoms with Crippen LogP contribution in [0.5, 0.6) is 0 Å². The van der Waals surface area contributed by atoms with Gasteiger partial charge >= 0.3 is 0 Å². The van der Waals surface area contributed by atoms with Crippen molar-refractivity contribution >= 4 is 0 Å². The summed E-state index contributed by atoms with van der Waals surface area (Å²) in [6, 6.07) is 0.601. The largest absolute Gasteiger partial charge is 0.395 e. The van der Waals surface area contributed by atoms with Gasteiger partial charge in [0.2, 0.25) is 0 Å². The lowest BCUT2D eigenvalue weighted by Gasteiger charge is -2.23. The van der Waals surface area contributed by atoms with Gasteiger partial charge in [0.1, 0.15) is 0 Å². The first-order valence-electron chi connectivity index (χ1n) is 5.64. The fourth-order valence-corrected chi connectivity index (χ4v) is 1.54. The summed E-state index contributed by atoms with van der Waals surface area (Å²) < 4.78 is 5.02. The third-order valence-corrected chi connectivity index (χ3v) is 2.46. The van der Waals surface area contributed by atoms with Crippen LogP contribution < -0.4 is 5.32 Å². The molecule has 86 valence electrons. The molecule has 3 nitrogen and oxygen atoms in total. The molecule has 0 rings (SSSR count). The Hall–Kier alpha value is -0.120. The molecule has 0 aromatic rings. The number of aliphatic hydroxyl groups is 1. The van der Waals surface area contributed by atoms with Gasteiger partial charge in [0.25, 0.3) is 0 Å². The summed E-state index contributed by atoms with van der Waals surface area (Å²) in [5.74, 6) is 0. The average molecular weight is 203 g/mol. The second-order valence-electron chi connectivity index (χ2n) is 3.75. The lowest BCUT2D eigenvalue weighted by molar-refractivity contribution is 0.120. The number of hydrogen-bond donors (Lipinski definition) is 2. The van der Waals surface area contributed by atoms with Crippen LogP contribution in [-0.2, 0) is 4.74 Å². The van der Waals surface area contributed by atoms with Crippen LogP contribution >= 0.6 is 0 Å². The molecule has 0 bridgehead atoms. The highest BCUT2D eigenvalue weighted by Gasteiger charge is 2.12. The molecule has 2 N–H and O–H groups in total. The maximum absolute atomic E-state index is 9.08. The van der Waals surface area contributed by atoms with Gasteiger partial charge in [0, 0.05) is 13.2 Å². The highest BCUT2D eigenvalue weighted by Crippen LogP contribution is 2.05. The van der Waals surface area contributed by atoms with E-state index in [4.69, 9.17) is 9.84 Å². The third kappa shape index (κ3) is 6.35. The molecule has 2 atom stereocenters. The minimum atomic E-state index is 0.0850. The van der Waals surface area contributed by atoms with Crippen LogP contribution in [0.4, 0.5) is 0 Å². The maximum Gasteiger partial charge on any atom is 0.0638 e. The van der Waals surface area contributed by atoms with Crippen LogP contribution in [0.3, 0.4) is 0 Å². The van der Waals surface area contributed by atoms with Crippen molar-refractivity contribution in [2.45, 2.75) is 51.6 Å². The van der Waals surface area contributed by atoms with Gasteiger partial charge in [0.05, 0.1) is 19.3 Å². The van der Waals surface area contributed by atoms with Crippen LogP contribution in [0.25, 0.3) is 0 Å². The molecule has 2 unspecified atom stereocenters. The first-order valence-corrected chi connectivity index (χ1v) is 5.64. The summed E-state index contributed by atoms with van der Waals surface area (Å²) in [5.41, 5.74) is 0. The molecule has 0 aliphatic heterocycles. The van der Waals surface area contributed by atoms with E-state index in [0.29, 0.717) is 12.6 Å². The molecule has 0 spiro atoms. The lowest BCUT2D eigenvalue weighted by atomic mass is 10.1. The normalized spacial score (nSPS) is 15.4. The minimum Gasteiger partial charge on any atom is -0.395 e. The number of aliphatic hydroxyl groups excluding tert-OH is 1. The Kier molecular flexibility index (Phi) is 9.35. The Labute approximate surface area is 87.8 Å². The number of hydrogen-bond acceptors (Lipinski definition) is 3. The summed E-state index contributed by atoms with van der Waals surface area (Å²) >= 11 is 0. The van der Waals surface area contributed by atoms with Crippen molar-refractivity contribution in [3.8, 4) is 0 Å². The van der Waals surface area contributed by atoms with Crippen molar-refractivity contribution in [2.75, 3.05) is 20.3 Å². The van der Waals surface area contributed by atoms with Crippen molar-refractivity contribution in [3.63, 3.8) is 0 Å². The summed E-state index contributed by atoms with van der Waals surface area (Å²) in [6.45, 7) is 5.11. The Balaban J connectivity index is 3.75. The molecule has 0 saturated carbocycles. The van der Waals surface area contributed by atoms with E-state index < -0.39 is 0 Å². The summed E-state index contributed by atoms with van der Waals surface area (Å²) in [6.07, 6.45) is 4.77. The molecule has 0 heterocycles. The van der Waals surface area contributed by atoms with Gasteiger partial charge in [-0.1, -0.05) is 26.7 Å². The van der Waals surface area contributed by atoms with Crippen molar-refractivity contribution in [2.24, 2.45) is 0 Å². The van der Waals surface area contributed by atoms with Crippen molar-refractivity contribution < 1.29 is 9.84 Å². The fourth-order valence-electron chi connectivity index (χ4n) is 1.54. The monoisotopic (exact) mass is 203 g/mol. The van der Waals surface area contributed by atoms with Gasteiger partial charge < -0.3 is 15.2 Å². The zero-order valence-corrected chi connectivity index (χ0v) is 9.75. The molecule has 14 heavy (non-hydrogen) atoms. The van der Waals surface area contributed by atoms with Crippen molar-refractivity contribution in [1.29, 1.82) is 0 Å². The number of rotatable bonds is 9. The Morgan fingerprint density at radius 2 is 2.00 bits per heavy atom. The van der Waals surface area contributed by atoms with Crippen molar-refractivity contribution in [3.05, 3.63) is 0 Å². The third-order valence-electron chi connectivity index (χ3n) is 2.46. The van der Waals surface area contributed by atoms with Gasteiger partial charge in [-0.05, 0) is 12.8 Å². The van der Waals surface area contributed by atoms with E-state index in [2.05, 4.69) is 19.2 Å². The zero-order valence-electron chi connectivity index (χ0n) is 9.75. The fraction of sp³-hybridized carbons (Fsp3) is 1.00. The van der Waals surface area contributed by atoms with E-state index in [1.54, 1.807) is 7.11 Å². The van der Waals surface area contributed by atoms with Crippen LogP contribution in [0.1, 0.15) is 39.5 Å². The van der Waals surface area contributed by atoms with Gasteiger partial charge in [-0.2, -0.15) is 0 Å². The second kappa shape index (κ2) is 9.44. The lowest BCUT2D eigenvalue weighted by Crippen LogP contribution is -2.43. The molecule has 0 aromatic heterocycles. The van der Waals surface area contributed by atoms with E-state index in [0.717, 1.165) is 6.42 Å². The van der Waals surface area contributed by atoms with E-state index >= 15 is 0 Å². The Morgan fingerprint density at radius 3 is 2.43 bits per heavy atom. The highest BCUT2D eigenvalue weighted by molar-refractivity contribution is 4.72. The maximum atomic E-state index is 9.08. The predicted molar refractivity (Wildman–Crippen MR) is 59.5 cm³/mol. The smallest absolute Gasteiger partial charge is 0.0638 e. The van der Waals surface area contributed by atoms with E-state index in [-0.39, 0.29) is 12.6 Å². The first-order chi connectivity index (χ1) is 6.78. The standard InChI is InChI=1S/C11H25NO2/c1-4-6-7-10(5-2)12-11(8-13)9-14-3/h10-13H,4-9H2,1-3H3. The predicted octanol–water partition coefficient (Wildman–Crippen LogP) is 1.55. The Bertz CT molecular complexity index is 120. The molecule has 3 heteroatoms. The molecular formula is C11H25NO2. The van der Waals surface area contributed by atoms with Crippen LogP contribution in [-0.4, -0.2) is 37.5 Å². The molecular weight excluding hydrogens is 178 g/mol. The number of unbranched alkanes of at least 4 members (excludes halogenated alkanes) is 1. The Morgan fingerprint density at radius 1 is 1.29 bits per heavy atom. The summed E-state index contributed by atoms with van der Waals surface area (Å²) in [4.78, 5) is 0. The van der Waals surface area contributed by atoms with Gasteiger partial charge in [-0.15, -0.1) is 0 Å². The topological polar surface area (TPSA) is 41.5 Å². The first kappa shape index (κ1) is 13.9. The molecule has 0 aromatic carbocycles. The molecule has 0 aliphatic rings. The van der Waals surface area contributed by atoms with E-state index in [9.17, 15) is 0 Å². The van der Waals surface area contributed by atoms with Crippen LogP contribution in [0.2, 0.25) is 0 Å². The minimum absolute atomic E-state index is 0.0850. The summed E-state index contributed by atoms with van der Waals surface area (Å²) in [7, 11) is 1.66. The van der Waals surface area contributed by atoms with Gasteiger partial charge in [-0.25, -0.2) is 0 Å². The summed E-state index contributed by atoms with van der Waals surface area (Å²) in [5, 5.41) is 12.5. The highest BCUT2D eigenvalue weighted by atomic mass is 16.5. The van der Waals surface area contributed by atoms with Gasteiger partial charge in [0.15, 0.2) is 0 Å². The number of nitrogens with one attached hydrogen (secondary N) is 1. The molecule has 0 radical (unpaired) electrons. The van der Waals surface area contributed by atoms with Crippen LogP contribution in [0.15, 0.2) is 0 Å². The van der Waals surface area contributed by atoms with Crippen molar-refractivity contribution in [1.82, 2.24) is 5.32 Å². The molecule has 0 aliphatic carbocycles. The number of ether oxygens (including phenoxy) is 1. The quantitative estimate of drug-likeness (QED) is 0.597. The van der Waals surface area contributed by atoms with E-state index in [1.165, 1.54) is 19.3 Å².